The van der Waals surface area contributed by atoms with E-state index >= 15 is 0 Å². The van der Waals surface area contributed by atoms with Gasteiger partial charge in [-0.25, -0.2) is 0 Å². The van der Waals surface area contributed by atoms with Crippen LogP contribution in [-0.4, -0.2) is 12.9 Å². The minimum atomic E-state index is -0.0584. The van der Waals surface area contributed by atoms with Crippen molar-refractivity contribution in [2.24, 2.45) is 0 Å². The fourth-order valence-corrected chi connectivity index (χ4v) is 4.42. The van der Waals surface area contributed by atoms with Crippen molar-refractivity contribution in [2.75, 3.05) is 7.11 Å². The van der Waals surface area contributed by atoms with Crippen molar-refractivity contribution < 1.29 is 14.3 Å². The van der Waals surface area contributed by atoms with Gasteiger partial charge in [0.1, 0.15) is 18.1 Å². The van der Waals surface area contributed by atoms with E-state index in [1.165, 1.54) is 17.4 Å². The van der Waals surface area contributed by atoms with Crippen molar-refractivity contribution in [1.29, 1.82) is 0 Å². The maximum absolute atomic E-state index is 12.3. The zero-order valence-electron chi connectivity index (χ0n) is 15.0. The molecular formula is C21H14BrCl3O3S. The van der Waals surface area contributed by atoms with Gasteiger partial charge in [-0.3, -0.25) is 4.79 Å². The van der Waals surface area contributed by atoms with Crippen molar-refractivity contribution in [3.63, 3.8) is 0 Å². The van der Waals surface area contributed by atoms with Gasteiger partial charge in [-0.2, -0.15) is 0 Å². The Balaban J connectivity index is 1.77. The molecule has 8 heteroatoms. The van der Waals surface area contributed by atoms with E-state index in [0.29, 0.717) is 31.4 Å². The Labute approximate surface area is 195 Å². The summed E-state index contributed by atoms with van der Waals surface area (Å²) < 4.78 is 12.1. The van der Waals surface area contributed by atoms with E-state index in [4.69, 9.17) is 44.3 Å². The lowest BCUT2D eigenvalue weighted by molar-refractivity contribution is 0.105. The molecule has 0 saturated carbocycles. The summed E-state index contributed by atoms with van der Waals surface area (Å²) in [6.45, 7) is 0.203. The molecule has 3 rings (SSSR count). The van der Waals surface area contributed by atoms with E-state index in [2.05, 4.69) is 15.9 Å². The minimum absolute atomic E-state index is 0.0584. The summed E-state index contributed by atoms with van der Waals surface area (Å²) >= 11 is 22.9. The average molecular weight is 533 g/mol. The van der Waals surface area contributed by atoms with Gasteiger partial charge in [0.25, 0.3) is 0 Å². The Morgan fingerprint density at radius 1 is 1.07 bits per heavy atom. The summed E-state index contributed by atoms with van der Waals surface area (Å²) in [5.74, 6) is 1.02. The van der Waals surface area contributed by atoms with E-state index in [-0.39, 0.29) is 12.4 Å². The third-order valence-electron chi connectivity index (χ3n) is 3.90. The first-order valence-electron chi connectivity index (χ1n) is 8.28. The standard InChI is InChI=1S/C21H14BrCl3O3S/c1-27-19-5-3-12(2-4-18(26)21-7-14(22)11-29-21)6-13(19)10-28-20-9-16(24)15(23)8-17(20)25/h2-9,11H,10H2,1H3/b4-2+. The first-order chi connectivity index (χ1) is 13.9. The molecule has 3 nitrogen and oxygen atoms in total. The molecule has 29 heavy (non-hydrogen) atoms. The van der Waals surface area contributed by atoms with Crippen molar-refractivity contribution >= 4 is 73.9 Å². The number of halogens is 4. The van der Waals surface area contributed by atoms with Gasteiger partial charge in [0.05, 0.1) is 27.1 Å². The fraction of sp³-hybridized carbons (Fsp3) is 0.0952. The highest BCUT2D eigenvalue weighted by atomic mass is 79.9. The number of rotatable bonds is 7. The second-order valence-electron chi connectivity index (χ2n) is 5.88. The lowest BCUT2D eigenvalue weighted by Crippen LogP contribution is -2.00. The zero-order chi connectivity index (χ0) is 21.0. The van der Waals surface area contributed by atoms with Crippen LogP contribution in [0.2, 0.25) is 15.1 Å². The van der Waals surface area contributed by atoms with Gasteiger partial charge in [0, 0.05) is 21.5 Å². The zero-order valence-corrected chi connectivity index (χ0v) is 19.7. The van der Waals surface area contributed by atoms with Crippen LogP contribution < -0.4 is 9.47 Å². The number of ketones is 1. The summed E-state index contributed by atoms with van der Waals surface area (Å²) in [4.78, 5) is 12.9. The number of hydrogen-bond donors (Lipinski definition) is 0. The fourth-order valence-electron chi connectivity index (χ4n) is 2.48. The SMILES string of the molecule is COc1ccc(/C=C/C(=O)c2cc(Br)cs2)cc1COc1cc(Cl)c(Cl)cc1Cl. The van der Waals surface area contributed by atoms with E-state index in [1.54, 1.807) is 31.4 Å². The first-order valence-corrected chi connectivity index (χ1v) is 11.1. The van der Waals surface area contributed by atoms with Gasteiger partial charge >= 0.3 is 0 Å². The smallest absolute Gasteiger partial charge is 0.195 e. The second-order valence-corrected chi connectivity index (χ2v) is 8.93. The molecule has 150 valence electrons. The number of carbonyl (C=O) groups is 1. The summed E-state index contributed by atoms with van der Waals surface area (Å²) in [6.07, 6.45) is 3.30. The molecule has 0 aliphatic carbocycles. The molecular weight excluding hydrogens is 519 g/mol. The Kier molecular flexibility index (Phi) is 7.66. The lowest BCUT2D eigenvalue weighted by atomic mass is 10.1. The summed E-state index contributed by atoms with van der Waals surface area (Å²) in [5, 5.41) is 2.95. The maximum atomic E-state index is 12.3. The van der Waals surface area contributed by atoms with E-state index in [9.17, 15) is 4.79 Å². The topological polar surface area (TPSA) is 35.5 Å². The molecule has 0 N–H and O–H groups in total. The Bertz CT molecular complexity index is 1080. The number of benzene rings is 2. The molecule has 3 aromatic rings. The molecule has 0 aliphatic heterocycles. The van der Waals surface area contributed by atoms with Crippen LogP contribution in [0, 0.1) is 0 Å². The Morgan fingerprint density at radius 2 is 1.83 bits per heavy atom. The normalized spacial score (nSPS) is 11.1. The maximum Gasteiger partial charge on any atom is 0.195 e. The molecule has 0 spiro atoms. The third-order valence-corrected chi connectivity index (χ3v) is 6.62. The van der Waals surface area contributed by atoms with Crippen molar-refractivity contribution in [2.45, 2.75) is 6.61 Å². The van der Waals surface area contributed by atoms with Gasteiger partial charge in [0.2, 0.25) is 0 Å². The average Bonchev–Trinajstić information content (AvgIpc) is 3.14. The van der Waals surface area contributed by atoms with Gasteiger partial charge in [-0.15, -0.1) is 11.3 Å². The lowest BCUT2D eigenvalue weighted by Gasteiger charge is -2.13. The molecule has 0 radical (unpaired) electrons. The van der Waals surface area contributed by atoms with E-state index in [1.807, 2.05) is 23.6 Å². The Hall–Kier alpha value is -1.50. The van der Waals surface area contributed by atoms with Crippen LogP contribution >= 0.6 is 62.1 Å². The highest BCUT2D eigenvalue weighted by Gasteiger charge is 2.10. The number of thiophene rings is 1. The highest BCUT2D eigenvalue weighted by Crippen LogP contribution is 2.35. The van der Waals surface area contributed by atoms with Crippen molar-refractivity contribution in [1.82, 2.24) is 0 Å². The number of carbonyl (C=O) groups excluding carboxylic acids is 1. The van der Waals surface area contributed by atoms with Gasteiger partial charge < -0.3 is 9.47 Å². The van der Waals surface area contributed by atoms with Crippen LogP contribution in [0.4, 0.5) is 0 Å². The Morgan fingerprint density at radius 3 is 2.52 bits per heavy atom. The van der Waals surface area contributed by atoms with Crippen LogP contribution in [0.25, 0.3) is 6.08 Å². The van der Waals surface area contributed by atoms with Crippen molar-refractivity contribution in [3.05, 3.63) is 83.4 Å². The van der Waals surface area contributed by atoms with Gasteiger partial charge in [0.15, 0.2) is 5.78 Å². The number of ether oxygens (including phenoxy) is 2. The highest BCUT2D eigenvalue weighted by molar-refractivity contribution is 9.10. The molecule has 0 aliphatic rings. The molecule has 0 fully saturated rings. The van der Waals surface area contributed by atoms with Gasteiger partial charge in [-0.05, 0) is 51.8 Å². The molecule has 1 aromatic heterocycles. The molecule has 0 atom stereocenters. The summed E-state index contributed by atoms with van der Waals surface area (Å²) in [7, 11) is 1.58. The van der Waals surface area contributed by atoms with Crippen LogP contribution in [0.5, 0.6) is 11.5 Å². The van der Waals surface area contributed by atoms with Crippen molar-refractivity contribution in [3.8, 4) is 11.5 Å². The van der Waals surface area contributed by atoms with Crippen LogP contribution in [-0.2, 0) is 6.61 Å². The van der Waals surface area contributed by atoms with E-state index in [0.717, 1.165) is 15.6 Å². The number of hydrogen-bond acceptors (Lipinski definition) is 4. The van der Waals surface area contributed by atoms with Crippen LogP contribution in [0.1, 0.15) is 20.8 Å². The predicted octanol–water partition coefficient (Wildman–Crippen LogP) is 7.95. The third kappa shape index (κ3) is 5.77. The number of allylic oxidation sites excluding steroid dienone is 1. The van der Waals surface area contributed by atoms with Crippen LogP contribution in [0.15, 0.2) is 52.3 Å². The second kappa shape index (κ2) is 10.0. The largest absolute Gasteiger partial charge is 0.496 e. The monoisotopic (exact) mass is 530 g/mol. The first kappa shape index (κ1) is 22.2. The molecule has 2 aromatic carbocycles. The predicted molar refractivity (Wildman–Crippen MR) is 124 cm³/mol. The van der Waals surface area contributed by atoms with Gasteiger partial charge in [-0.1, -0.05) is 46.9 Å². The molecule has 1 heterocycles. The minimum Gasteiger partial charge on any atom is -0.496 e. The summed E-state index contributed by atoms with van der Waals surface area (Å²) in [6, 6.07) is 10.5. The molecule has 0 unspecified atom stereocenters. The molecule has 0 amide bonds. The number of methoxy groups -OCH3 is 1. The molecule has 0 saturated heterocycles. The van der Waals surface area contributed by atoms with Crippen LogP contribution in [0.3, 0.4) is 0 Å². The molecule has 0 bridgehead atoms. The van der Waals surface area contributed by atoms with E-state index < -0.39 is 0 Å². The quantitative estimate of drug-likeness (QED) is 0.176. The summed E-state index contributed by atoms with van der Waals surface area (Å²) in [5.41, 5.74) is 1.64.